The normalized spacial score (nSPS) is 36.1. The van der Waals surface area contributed by atoms with Crippen LogP contribution < -0.4 is 5.32 Å². The Morgan fingerprint density at radius 3 is 2.65 bits per heavy atom. The molecule has 1 aliphatic carbocycles. The molecule has 0 aromatic heterocycles. The van der Waals surface area contributed by atoms with E-state index in [2.05, 4.69) is 19.2 Å². The second-order valence-electron chi connectivity index (χ2n) is 5.65. The zero-order valence-electron chi connectivity index (χ0n) is 11.3. The lowest BCUT2D eigenvalue weighted by Gasteiger charge is -2.54. The summed E-state index contributed by atoms with van der Waals surface area (Å²) >= 11 is 0. The predicted molar refractivity (Wildman–Crippen MR) is 66.5 cm³/mol. The summed E-state index contributed by atoms with van der Waals surface area (Å²) in [6, 6.07) is 0.354. The molecule has 17 heavy (non-hydrogen) atoms. The summed E-state index contributed by atoms with van der Waals surface area (Å²) in [7, 11) is 0. The molecular formula is C13H24N2O2. The molecule has 1 amide bonds. The molecule has 4 nitrogen and oxygen atoms in total. The van der Waals surface area contributed by atoms with E-state index in [-0.39, 0.29) is 17.4 Å². The number of nitrogens with zero attached hydrogens (tertiary/aromatic N) is 1. The highest BCUT2D eigenvalue weighted by molar-refractivity contribution is 5.84. The summed E-state index contributed by atoms with van der Waals surface area (Å²) in [6.07, 6.45) is 2.15. The molecule has 1 saturated carbocycles. The third-order valence-electron chi connectivity index (χ3n) is 4.37. The molecule has 0 aromatic carbocycles. The van der Waals surface area contributed by atoms with Crippen LogP contribution in [0.1, 0.15) is 40.5 Å². The number of carbonyl (C=O) groups excluding carboxylic acids is 1. The van der Waals surface area contributed by atoms with E-state index in [4.69, 9.17) is 4.74 Å². The highest BCUT2D eigenvalue weighted by Gasteiger charge is 2.54. The van der Waals surface area contributed by atoms with Crippen LogP contribution in [0.4, 0.5) is 0 Å². The van der Waals surface area contributed by atoms with Crippen molar-refractivity contribution in [1.82, 2.24) is 10.2 Å². The Morgan fingerprint density at radius 1 is 1.47 bits per heavy atom. The maximum atomic E-state index is 12.1. The molecule has 2 aliphatic rings. The van der Waals surface area contributed by atoms with Gasteiger partial charge in [-0.2, -0.15) is 0 Å². The van der Waals surface area contributed by atoms with Crippen molar-refractivity contribution in [1.29, 1.82) is 0 Å². The van der Waals surface area contributed by atoms with Crippen molar-refractivity contribution in [3.05, 3.63) is 0 Å². The smallest absolute Gasteiger partial charge is 0.241 e. The van der Waals surface area contributed by atoms with Gasteiger partial charge in [-0.25, -0.2) is 0 Å². The van der Waals surface area contributed by atoms with Gasteiger partial charge < -0.3 is 9.64 Å². The Bertz CT molecular complexity index is 304. The first-order valence-corrected chi connectivity index (χ1v) is 6.67. The second-order valence-corrected chi connectivity index (χ2v) is 5.65. The lowest BCUT2D eigenvalue weighted by atomic mass is 9.63. The van der Waals surface area contributed by atoms with Crippen LogP contribution in [-0.2, 0) is 9.53 Å². The lowest BCUT2D eigenvalue weighted by Crippen LogP contribution is -2.62. The van der Waals surface area contributed by atoms with Crippen molar-refractivity contribution in [3.8, 4) is 0 Å². The Labute approximate surface area is 104 Å². The number of carbonyl (C=O) groups is 1. The number of amides is 1. The Morgan fingerprint density at radius 2 is 2.18 bits per heavy atom. The molecule has 2 fully saturated rings. The van der Waals surface area contributed by atoms with Crippen LogP contribution in [0, 0.1) is 5.41 Å². The van der Waals surface area contributed by atoms with Gasteiger partial charge in [-0.1, -0.05) is 20.8 Å². The Kier molecular flexibility index (Phi) is 3.46. The van der Waals surface area contributed by atoms with Crippen molar-refractivity contribution in [2.45, 2.75) is 58.7 Å². The fraction of sp³-hybridized carbons (Fsp3) is 0.923. The number of hydrogen-bond acceptors (Lipinski definition) is 3. The summed E-state index contributed by atoms with van der Waals surface area (Å²) < 4.78 is 5.71. The first-order valence-electron chi connectivity index (χ1n) is 6.67. The molecule has 1 N–H and O–H groups in total. The van der Waals surface area contributed by atoms with Crippen molar-refractivity contribution in [3.63, 3.8) is 0 Å². The summed E-state index contributed by atoms with van der Waals surface area (Å²) in [5.41, 5.74) is 0.0793. The fourth-order valence-electron chi connectivity index (χ4n) is 3.03. The molecule has 2 rings (SSSR count). The van der Waals surface area contributed by atoms with Gasteiger partial charge in [0, 0.05) is 18.1 Å². The second kappa shape index (κ2) is 4.58. The first kappa shape index (κ1) is 12.8. The van der Waals surface area contributed by atoms with Gasteiger partial charge in [0.05, 0.1) is 18.8 Å². The highest BCUT2D eigenvalue weighted by Crippen LogP contribution is 2.46. The molecule has 0 aromatic rings. The molecule has 1 heterocycles. The molecule has 4 heteroatoms. The van der Waals surface area contributed by atoms with Gasteiger partial charge in [-0.15, -0.1) is 0 Å². The number of rotatable bonds is 4. The minimum Gasteiger partial charge on any atom is -0.378 e. The van der Waals surface area contributed by atoms with E-state index in [9.17, 15) is 4.79 Å². The fourth-order valence-corrected chi connectivity index (χ4v) is 3.03. The summed E-state index contributed by atoms with van der Waals surface area (Å²) in [4.78, 5) is 14.1. The van der Waals surface area contributed by atoms with Crippen LogP contribution in [0.15, 0.2) is 0 Å². The van der Waals surface area contributed by atoms with Gasteiger partial charge in [0.2, 0.25) is 5.91 Å². The van der Waals surface area contributed by atoms with E-state index in [0.717, 1.165) is 19.4 Å². The van der Waals surface area contributed by atoms with Gasteiger partial charge in [-0.3, -0.25) is 10.1 Å². The van der Waals surface area contributed by atoms with E-state index in [1.54, 1.807) is 0 Å². The standard InChI is InChI=1S/C13H24N2O2/c1-5-9-12(16)15(8-14-9)10-7-11(17-6-2)13(10,3)4/h9-11,14H,5-8H2,1-4H3. The van der Waals surface area contributed by atoms with Gasteiger partial charge in [0.15, 0.2) is 0 Å². The van der Waals surface area contributed by atoms with E-state index >= 15 is 0 Å². The summed E-state index contributed by atoms with van der Waals surface area (Å²) in [6.45, 7) is 9.93. The molecule has 98 valence electrons. The Hall–Kier alpha value is -0.610. The average molecular weight is 240 g/mol. The minimum atomic E-state index is 0.0249. The third kappa shape index (κ3) is 1.97. The topological polar surface area (TPSA) is 41.6 Å². The van der Waals surface area contributed by atoms with Crippen LogP contribution in [0.3, 0.4) is 0 Å². The van der Waals surface area contributed by atoms with Crippen LogP contribution >= 0.6 is 0 Å². The molecule has 3 unspecified atom stereocenters. The molecule has 1 saturated heterocycles. The van der Waals surface area contributed by atoms with Crippen LogP contribution in [0.2, 0.25) is 0 Å². The van der Waals surface area contributed by atoms with Crippen molar-refractivity contribution >= 4 is 5.91 Å². The molecule has 0 radical (unpaired) electrons. The summed E-state index contributed by atoms with van der Waals surface area (Å²) in [5.74, 6) is 0.264. The lowest BCUT2D eigenvalue weighted by molar-refractivity contribution is -0.162. The largest absolute Gasteiger partial charge is 0.378 e. The van der Waals surface area contributed by atoms with Crippen LogP contribution in [0.5, 0.6) is 0 Å². The number of nitrogens with one attached hydrogen (secondary N) is 1. The third-order valence-corrected chi connectivity index (χ3v) is 4.37. The van der Waals surface area contributed by atoms with Crippen molar-refractivity contribution in [2.75, 3.05) is 13.3 Å². The van der Waals surface area contributed by atoms with Gasteiger partial charge in [-0.05, 0) is 19.8 Å². The maximum Gasteiger partial charge on any atom is 0.241 e. The Balaban J connectivity index is 2.00. The van der Waals surface area contributed by atoms with E-state index in [1.165, 1.54) is 0 Å². The molecule has 0 bridgehead atoms. The van der Waals surface area contributed by atoms with Gasteiger partial charge in [0.25, 0.3) is 0 Å². The monoisotopic (exact) mass is 240 g/mol. The maximum absolute atomic E-state index is 12.1. The average Bonchev–Trinajstić information content (AvgIpc) is 2.65. The summed E-state index contributed by atoms with van der Waals surface area (Å²) in [5, 5.41) is 3.28. The molecule has 1 aliphatic heterocycles. The number of hydrogen-bond donors (Lipinski definition) is 1. The highest BCUT2D eigenvalue weighted by atomic mass is 16.5. The quantitative estimate of drug-likeness (QED) is 0.806. The van der Waals surface area contributed by atoms with Gasteiger partial charge in [0.1, 0.15) is 0 Å². The van der Waals surface area contributed by atoms with Crippen molar-refractivity contribution < 1.29 is 9.53 Å². The van der Waals surface area contributed by atoms with Gasteiger partial charge >= 0.3 is 0 Å². The number of ether oxygens (including phenoxy) is 1. The van der Waals surface area contributed by atoms with E-state index < -0.39 is 0 Å². The minimum absolute atomic E-state index is 0.0249. The zero-order valence-corrected chi connectivity index (χ0v) is 11.3. The molecule has 3 atom stereocenters. The van der Waals surface area contributed by atoms with Crippen LogP contribution in [0.25, 0.3) is 0 Å². The SMILES string of the molecule is CCOC1CC(N2CNC(CC)C2=O)C1(C)C. The van der Waals surface area contributed by atoms with E-state index in [1.807, 2.05) is 18.7 Å². The van der Waals surface area contributed by atoms with E-state index in [0.29, 0.717) is 18.8 Å². The predicted octanol–water partition coefficient (Wildman–Crippen LogP) is 1.36. The van der Waals surface area contributed by atoms with Crippen molar-refractivity contribution in [2.24, 2.45) is 5.41 Å². The molecular weight excluding hydrogens is 216 g/mol. The zero-order chi connectivity index (χ0) is 12.6. The first-order chi connectivity index (χ1) is 8.02. The molecule has 0 spiro atoms. The van der Waals surface area contributed by atoms with Crippen LogP contribution in [-0.4, -0.2) is 42.3 Å².